The van der Waals surface area contributed by atoms with Crippen molar-refractivity contribution in [2.24, 2.45) is 0 Å². The fraction of sp³-hybridized carbons (Fsp3) is 0.194. The number of hydrogen-bond donors (Lipinski definition) is 0. The fourth-order valence-electron chi connectivity index (χ4n) is 12.4. The maximum atomic E-state index is 6.69. The summed E-state index contributed by atoms with van der Waals surface area (Å²) >= 11 is 0. The second kappa shape index (κ2) is 16.1. The molecule has 0 saturated carbocycles. The van der Waals surface area contributed by atoms with Gasteiger partial charge in [-0.25, -0.2) is 0 Å². The van der Waals surface area contributed by atoms with Gasteiger partial charge >= 0.3 is 0 Å². The summed E-state index contributed by atoms with van der Waals surface area (Å²) in [6.07, 6.45) is 2.28. The van der Waals surface area contributed by atoms with Crippen molar-refractivity contribution in [2.75, 3.05) is 14.7 Å². The van der Waals surface area contributed by atoms with Gasteiger partial charge in [-0.05, 0) is 165 Å². The second-order valence-corrected chi connectivity index (χ2v) is 22.9. The van der Waals surface area contributed by atoms with Gasteiger partial charge in [-0.1, -0.05) is 158 Å². The van der Waals surface area contributed by atoms with Crippen LogP contribution in [-0.2, 0) is 16.2 Å². The Bertz CT molecular complexity index is 3730. The van der Waals surface area contributed by atoms with E-state index >= 15 is 0 Å². The molecular formula is C67H60BN3O. The zero-order chi connectivity index (χ0) is 49.3. The van der Waals surface area contributed by atoms with Gasteiger partial charge in [0.05, 0.1) is 16.8 Å². The van der Waals surface area contributed by atoms with E-state index in [1.165, 1.54) is 72.5 Å². The third kappa shape index (κ3) is 6.88. The van der Waals surface area contributed by atoms with E-state index in [9.17, 15) is 0 Å². The summed E-state index contributed by atoms with van der Waals surface area (Å²) in [5.74, 6) is 0. The van der Waals surface area contributed by atoms with Crippen LogP contribution in [0.2, 0.25) is 0 Å². The molecule has 0 unspecified atom stereocenters. The van der Waals surface area contributed by atoms with Crippen molar-refractivity contribution in [2.45, 2.75) is 84.5 Å². The van der Waals surface area contributed by atoms with Gasteiger partial charge in [0.2, 0.25) is 0 Å². The van der Waals surface area contributed by atoms with Crippen LogP contribution in [0.15, 0.2) is 199 Å². The van der Waals surface area contributed by atoms with Crippen LogP contribution in [0.3, 0.4) is 0 Å². The van der Waals surface area contributed by atoms with Crippen molar-refractivity contribution in [3.8, 4) is 11.1 Å². The van der Waals surface area contributed by atoms with Crippen molar-refractivity contribution in [3.63, 3.8) is 0 Å². The number of nitrogens with zero attached hydrogens (tertiary/aromatic N) is 3. The number of hydrogen-bond acceptors (Lipinski definition) is 4. The van der Waals surface area contributed by atoms with Gasteiger partial charge in [0.1, 0.15) is 11.2 Å². The summed E-state index contributed by atoms with van der Waals surface area (Å²) in [6, 6.07) is 72.4. The molecule has 5 heteroatoms. The molecule has 4 nitrogen and oxygen atoms in total. The molecule has 9 aromatic carbocycles. The predicted molar refractivity (Wildman–Crippen MR) is 307 cm³/mol. The van der Waals surface area contributed by atoms with Gasteiger partial charge in [0.15, 0.2) is 0 Å². The molecular weight excluding hydrogens is 874 g/mol. The minimum Gasteiger partial charge on any atom is -0.456 e. The van der Waals surface area contributed by atoms with Crippen LogP contribution < -0.4 is 31.1 Å². The number of para-hydroxylation sites is 3. The molecule has 13 rings (SSSR count). The Balaban J connectivity index is 1.16. The molecule has 3 heterocycles. The molecule has 0 amide bonds. The van der Waals surface area contributed by atoms with Crippen molar-refractivity contribution >= 4 is 96.2 Å². The minimum atomic E-state index is -0.0653. The molecule has 352 valence electrons. The first-order valence-electron chi connectivity index (χ1n) is 25.8. The highest BCUT2D eigenvalue weighted by molar-refractivity contribution is 7.00. The van der Waals surface area contributed by atoms with E-state index in [1.807, 2.05) is 0 Å². The van der Waals surface area contributed by atoms with E-state index in [-0.39, 0.29) is 23.0 Å². The molecule has 0 atom stereocenters. The van der Waals surface area contributed by atoms with E-state index < -0.39 is 0 Å². The van der Waals surface area contributed by atoms with Crippen LogP contribution in [-0.4, -0.2) is 6.71 Å². The van der Waals surface area contributed by atoms with Gasteiger partial charge in [-0.15, -0.1) is 0 Å². The Kier molecular flexibility index (Phi) is 9.90. The van der Waals surface area contributed by atoms with Crippen LogP contribution >= 0.6 is 0 Å². The largest absolute Gasteiger partial charge is 0.456 e. The third-order valence-corrected chi connectivity index (χ3v) is 16.3. The highest BCUT2D eigenvalue weighted by Gasteiger charge is 2.47. The maximum absolute atomic E-state index is 6.69. The molecule has 0 fully saturated rings. The lowest BCUT2D eigenvalue weighted by Crippen LogP contribution is -2.62. The van der Waals surface area contributed by atoms with Crippen LogP contribution in [0.5, 0.6) is 0 Å². The summed E-state index contributed by atoms with van der Waals surface area (Å²) in [6.45, 7) is 19.1. The van der Waals surface area contributed by atoms with Crippen LogP contribution in [0.4, 0.5) is 51.2 Å². The van der Waals surface area contributed by atoms with E-state index in [1.54, 1.807) is 0 Å². The van der Waals surface area contributed by atoms with Gasteiger partial charge in [-0.2, -0.15) is 0 Å². The molecule has 2 aliphatic heterocycles. The predicted octanol–water partition coefficient (Wildman–Crippen LogP) is 16.8. The van der Waals surface area contributed by atoms with E-state index in [2.05, 4.69) is 264 Å². The summed E-state index contributed by atoms with van der Waals surface area (Å²) in [4.78, 5) is 7.63. The van der Waals surface area contributed by atoms with Gasteiger partial charge < -0.3 is 19.1 Å². The average Bonchev–Trinajstić information content (AvgIpc) is 3.77. The van der Waals surface area contributed by atoms with Crippen molar-refractivity contribution in [1.29, 1.82) is 0 Å². The molecule has 0 bridgehead atoms. The summed E-state index contributed by atoms with van der Waals surface area (Å²) in [5.41, 5.74) is 24.0. The Morgan fingerprint density at radius 2 is 1.07 bits per heavy atom. The zero-order valence-electron chi connectivity index (χ0n) is 42.7. The highest BCUT2D eigenvalue weighted by atomic mass is 16.3. The first kappa shape index (κ1) is 44.2. The lowest BCUT2D eigenvalue weighted by molar-refractivity contribution is 0.332. The first-order valence-corrected chi connectivity index (χ1v) is 25.8. The first-order chi connectivity index (χ1) is 34.7. The molecule has 3 aliphatic rings. The molecule has 0 spiro atoms. The smallest absolute Gasteiger partial charge is 0.252 e. The normalized spacial score (nSPS) is 15.2. The number of fused-ring (bicyclic) bond motifs is 8. The minimum absolute atomic E-state index is 0.00188. The summed E-state index contributed by atoms with van der Waals surface area (Å²) in [5, 5.41) is 2.21. The van der Waals surface area contributed by atoms with Crippen molar-refractivity contribution in [1.82, 2.24) is 0 Å². The van der Waals surface area contributed by atoms with Gasteiger partial charge in [0, 0.05) is 50.8 Å². The molecule has 1 aliphatic carbocycles. The molecule has 0 saturated heterocycles. The summed E-state index contributed by atoms with van der Waals surface area (Å²) in [7, 11) is 0. The highest BCUT2D eigenvalue weighted by Crippen LogP contribution is 2.53. The Morgan fingerprint density at radius 3 is 1.74 bits per heavy atom. The number of furan rings is 1. The monoisotopic (exact) mass is 933 g/mol. The molecule has 0 N–H and O–H groups in total. The van der Waals surface area contributed by atoms with E-state index in [0.717, 1.165) is 63.2 Å². The van der Waals surface area contributed by atoms with Crippen LogP contribution in [0.25, 0.3) is 33.1 Å². The van der Waals surface area contributed by atoms with Crippen molar-refractivity contribution in [3.05, 3.63) is 216 Å². The molecule has 10 aromatic rings. The summed E-state index contributed by atoms with van der Waals surface area (Å²) < 4.78 is 6.69. The Hall–Kier alpha value is -7.76. The lowest BCUT2D eigenvalue weighted by atomic mass is 9.33. The number of benzene rings is 9. The topological polar surface area (TPSA) is 22.9 Å². The molecule has 0 radical (unpaired) electrons. The second-order valence-electron chi connectivity index (χ2n) is 22.9. The van der Waals surface area contributed by atoms with Crippen LogP contribution in [0.1, 0.15) is 83.6 Å². The quantitative estimate of drug-likeness (QED) is 0.155. The van der Waals surface area contributed by atoms with Crippen LogP contribution in [0, 0.1) is 6.92 Å². The number of aryl methyl sites for hydroxylation is 1. The zero-order valence-corrected chi connectivity index (χ0v) is 42.7. The van der Waals surface area contributed by atoms with Crippen molar-refractivity contribution < 1.29 is 4.42 Å². The number of rotatable bonds is 6. The van der Waals surface area contributed by atoms with Gasteiger partial charge in [-0.3, -0.25) is 0 Å². The molecule has 72 heavy (non-hydrogen) atoms. The Labute approximate surface area is 425 Å². The van der Waals surface area contributed by atoms with E-state index in [0.29, 0.717) is 0 Å². The number of anilines is 9. The molecule has 1 aromatic heterocycles. The third-order valence-electron chi connectivity index (χ3n) is 16.3. The van der Waals surface area contributed by atoms with Gasteiger partial charge in [0.25, 0.3) is 6.71 Å². The van der Waals surface area contributed by atoms with E-state index in [4.69, 9.17) is 4.42 Å². The Morgan fingerprint density at radius 1 is 0.486 bits per heavy atom. The lowest BCUT2D eigenvalue weighted by Gasteiger charge is -2.48. The fourth-order valence-corrected chi connectivity index (χ4v) is 12.4. The standard InChI is InChI=1S/C67H60BN3O/c1-43-37-59-64-60(38-43)71(56-28-20-30-62-63(56)49-27-18-19-29-61(49)72-62)57-40-48(69(46-23-14-10-15-24-46)47-25-16-11-17-26-47)32-33-53(57)68(64)54-41-51-52(67(7,8)36-35-66(51,5)6)42-58(54)70(59)55-34-31-45(65(2,3)4)39-50(55)44-21-12-9-13-22-44/h9-34,37-42H,35-36H2,1-8H3. The SMILES string of the molecule is Cc1cc2c3c(c1)N(c1cccc4oc5ccccc5c14)c1cc(N(c4ccccc4)c4ccccc4)ccc1B3c1cc3c(cc1N2c1ccc(C(C)(C)C)cc1-c1ccccc1)C(C)(C)CCC3(C)C. The maximum Gasteiger partial charge on any atom is 0.252 e. The average molecular weight is 934 g/mol.